The summed E-state index contributed by atoms with van der Waals surface area (Å²) < 4.78 is 26.0. The molecule has 0 fully saturated rings. The van der Waals surface area contributed by atoms with Gasteiger partial charge in [0.15, 0.2) is 0 Å². The van der Waals surface area contributed by atoms with E-state index in [9.17, 15) is 4.79 Å². The Bertz CT molecular complexity index is 1080. The molecular weight excluding hydrogens is 520 g/mol. The van der Waals surface area contributed by atoms with Crippen LogP contribution < -0.4 is 14.2 Å². The molecule has 0 aliphatic rings. The van der Waals surface area contributed by atoms with Crippen molar-refractivity contribution in [3.8, 4) is 17.2 Å². The van der Waals surface area contributed by atoms with Crippen molar-refractivity contribution < 1.29 is 23.2 Å². The summed E-state index contributed by atoms with van der Waals surface area (Å²) in [4.78, 5) is 16.0. The van der Waals surface area contributed by atoms with E-state index in [2.05, 4.69) is 20.8 Å². The minimum absolute atomic E-state index is 0.243. The van der Waals surface area contributed by atoms with E-state index in [0.717, 1.165) is 53.2 Å². The number of ether oxygens (including phenoxy) is 3. The van der Waals surface area contributed by atoms with Gasteiger partial charge in [0, 0.05) is 38.7 Å². The van der Waals surface area contributed by atoms with Gasteiger partial charge < -0.3 is 18.4 Å². The van der Waals surface area contributed by atoms with E-state index >= 15 is 0 Å². The first kappa shape index (κ1) is 31.4. The van der Waals surface area contributed by atoms with Crippen LogP contribution in [-0.2, 0) is 8.98 Å². The third-order valence-electron chi connectivity index (χ3n) is 6.38. The van der Waals surface area contributed by atoms with Crippen LogP contribution in [0.3, 0.4) is 0 Å². The number of benzene rings is 3. The quantitative estimate of drug-likeness (QED) is 0.143. The maximum atomic E-state index is 13.5. The molecule has 5 nitrogen and oxygen atoms in total. The van der Waals surface area contributed by atoms with Crippen molar-refractivity contribution in [1.82, 2.24) is 0 Å². The molecule has 0 bridgehead atoms. The predicted octanol–water partition coefficient (Wildman–Crippen LogP) is 9.76. The van der Waals surface area contributed by atoms with Gasteiger partial charge in [-0.25, -0.2) is 0 Å². The molecule has 40 heavy (non-hydrogen) atoms. The molecular formula is C34H46O5S. The smallest absolute Gasteiger partial charge is 0.317 e. The Morgan fingerprint density at radius 2 is 1.07 bits per heavy atom. The molecule has 0 aliphatic carbocycles. The molecule has 0 atom stereocenters. The fraction of sp³-hybridized carbons (Fsp3) is 0.441. The zero-order valence-electron chi connectivity index (χ0n) is 24.7. The number of hydrogen-bond donors (Lipinski definition) is 0. The summed E-state index contributed by atoms with van der Waals surface area (Å²) in [6.45, 7) is 10.1. The van der Waals surface area contributed by atoms with Gasteiger partial charge in [0.2, 0.25) is 0 Å². The van der Waals surface area contributed by atoms with Crippen molar-refractivity contribution in [2.75, 3.05) is 19.8 Å². The van der Waals surface area contributed by atoms with Crippen LogP contribution in [0.15, 0.2) is 87.5 Å². The largest absolute Gasteiger partial charge is 0.493 e. The highest BCUT2D eigenvalue weighted by atomic mass is 32.3. The molecule has 0 saturated heterocycles. The zero-order valence-corrected chi connectivity index (χ0v) is 25.5. The lowest BCUT2D eigenvalue weighted by Gasteiger charge is -2.41. The van der Waals surface area contributed by atoms with Gasteiger partial charge in [0.1, 0.15) is 22.1 Å². The maximum Gasteiger partial charge on any atom is 0.317 e. The molecule has 0 spiro atoms. The van der Waals surface area contributed by atoms with Crippen LogP contribution in [0.4, 0.5) is 0 Å². The van der Waals surface area contributed by atoms with Gasteiger partial charge in [0.05, 0.1) is 19.8 Å². The molecule has 3 rings (SSSR count). The Balaban J connectivity index is 2.38. The first-order chi connectivity index (χ1) is 19.6. The highest BCUT2D eigenvalue weighted by Crippen LogP contribution is 2.73. The van der Waals surface area contributed by atoms with Crippen LogP contribution in [0, 0.1) is 0 Å². The number of rotatable bonds is 18. The van der Waals surface area contributed by atoms with Crippen molar-refractivity contribution in [3.63, 3.8) is 0 Å². The summed E-state index contributed by atoms with van der Waals surface area (Å²) in [5.74, 6) is 1.74. The van der Waals surface area contributed by atoms with Gasteiger partial charge in [-0.05, 0) is 49.9 Å². The number of unbranched alkanes of at least 4 members (excludes halogenated alkanes) is 3. The molecule has 0 saturated carbocycles. The number of carbonyl (C=O) groups is 1. The Kier molecular flexibility index (Phi) is 13.2. The molecule has 0 aliphatic heterocycles. The average molecular weight is 567 g/mol. The highest BCUT2D eigenvalue weighted by Gasteiger charge is 2.41. The molecule has 0 radical (unpaired) electrons. The standard InChI is InChI=1S/C34H46O5S/c1-5-9-23-36-28-26-31(37-24-10-6-2)34(32(27-28)38-25-11-7-3)40(39-33(35)18-8-4,29-19-14-12-15-20-29)30-21-16-13-17-22-30/h12-17,19-22,26-27H,5-11,18,23-25H2,1-4H3. The third kappa shape index (κ3) is 8.20. The lowest BCUT2D eigenvalue weighted by molar-refractivity contribution is -0.133. The predicted molar refractivity (Wildman–Crippen MR) is 164 cm³/mol. The zero-order chi connectivity index (χ0) is 28.6. The fourth-order valence-corrected chi connectivity index (χ4v) is 7.50. The Labute approximate surface area is 242 Å². The maximum absolute atomic E-state index is 13.5. The lowest BCUT2D eigenvalue weighted by atomic mass is 10.2. The van der Waals surface area contributed by atoms with Gasteiger partial charge in [-0.1, -0.05) is 83.4 Å². The normalized spacial score (nSPS) is 11.6. The summed E-state index contributed by atoms with van der Waals surface area (Å²) in [6.07, 6.45) is 6.83. The monoisotopic (exact) mass is 566 g/mol. The summed E-state index contributed by atoms with van der Waals surface area (Å²) in [6, 6.07) is 24.0. The van der Waals surface area contributed by atoms with Crippen LogP contribution in [-0.4, -0.2) is 25.8 Å². The lowest BCUT2D eigenvalue weighted by Crippen LogP contribution is -2.16. The van der Waals surface area contributed by atoms with Gasteiger partial charge in [-0.3, -0.25) is 4.79 Å². The van der Waals surface area contributed by atoms with Gasteiger partial charge >= 0.3 is 5.97 Å². The summed E-state index contributed by atoms with van der Waals surface area (Å²) >= 11 is 0. The minimum Gasteiger partial charge on any atom is -0.493 e. The summed E-state index contributed by atoms with van der Waals surface area (Å²) in [5.41, 5.74) is 0. The first-order valence-corrected chi connectivity index (χ1v) is 16.4. The van der Waals surface area contributed by atoms with E-state index in [1.807, 2.05) is 79.7 Å². The SMILES string of the molecule is CCCCOc1cc(OCCCC)c(S(OC(=O)CCC)(c2ccccc2)c2ccccc2)c(OCCCC)c1. The molecule has 0 aromatic heterocycles. The van der Waals surface area contributed by atoms with Crippen LogP contribution >= 0.6 is 10.3 Å². The van der Waals surface area contributed by atoms with Crippen molar-refractivity contribution in [3.05, 3.63) is 72.8 Å². The van der Waals surface area contributed by atoms with E-state index in [4.69, 9.17) is 18.4 Å². The van der Waals surface area contributed by atoms with Crippen molar-refractivity contribution in [1.29, 1.82) is 0 Å². The van der Waals surface area contributed by atoms with E-state index in [-0.39, 0.29) is 5.97 Å². The van der Waals surface area contributed by atoms with Crippen LogP contribution in [0.2, 0.25) is 0 Å². The van der Waals surface area contributed by atoms with E-state index in [1.165, 1.54) is 0 Å². The fourth-order valence-electron chi connectivity index (χ4n) is 4.24. The summed E-state index contributed by atoms with van der Waals surface area (Å²) in [5, 5.41) is 0. The van der Waals surface area contributed by atoms with E-state index < -0.39 is 10.3 Å². The Morgan fingerprint density at radius 1 is 0.625 bits per heavy atom. The number of hydrogen-bond acceptors (Lipinski definition) is 5. The van der Waals surface area contributed by atoms with Crippen LogP contribution in [0.1, 0.15) is 79.1 Å². The molecule has 0 unspecified atom stereocenters. The first-order valence-electron chi connectivity index (χ1n) is 14.8. The summed E-state index contributed by atoms with van der Waals surface area (Å²) in [7, 11) is -2.59. The van der Waals surface area contributed by atoms with Crippen molar-refractivity contribution in [2.45, 2.75) is 93.7 Å². The molecule has 0 N–H and O–H groups in total. The van der Waals surface area contributed by atoms with Crippen LogP contribution in [0.25, 0.3) is 0 Å². The van der Waals surface area contributed by atoms with Crippen molar-refractivity contribution >= 4 is 16.3 Å². The molecule has 0 heterocycles. The second kappa shape index (κ2) is 16.9. The van der Waals surface area contributed by atoms with Crippen LogP contribution in [0.5, 0.6) is 17.2 Å². The Morgan fingerprint density at radius 3 is 1.50 bits per heavy atom. The highest BCUT2D eigenvalue weighted by molar-refractivity contribution is 8.30. The second-order valence-corrected chi connectivity index (χ2v) is 12.4. The van der Waals surface area contributed by atoms with Gasteiger partial charge in [0.25, 0.3) is 0 Å². The Hall–Kier alpha value is -3.12. The topological polar surface area (TPSA) is 54.0 Å². The number of carbonyl (C=O) groups excluding carboxylic acids is 1. The molecule has 3 aromatic carbocycles. The van der Waals surface area contributed by atoms with Gasteiger partial charge in [-0.15, -0.1) is 0 Å². The molecule has 3 aromatic rings. The molecule has 6 heteroatoms. The molecule has 0 amide bonds. The molecule has 218 valence electrons. The van der Waals surface area contributed by atoms with E-state index in [0.29, 0.717) is 49.9 Å². The van der Waals surface area contributed by atoms with E-state index in [1.54, 1.807) is 0 Å². The van der Waals surface area contributed by atoms with Crippen molar-refractivity contribution in [2.24, 2.45) is 0 Å². The van der Waals surface area contributed by atoms with Gasteiger partial charge in [-0.2, -0.15) is 0 Å². The minimum atomic E-state index is -2.59. The second-order valence-electron chi connectivity index (χ2n) is 9.74. The third-order valence-corrected chi connectivity index (χ3v) is 9.67. The average Bonchev–Trinajstić information content (AvgIpc) is 2.98.